The van der Waals surface area contributed by atoms with E-state index in [1.807, 2.05) is 6.92 Å². The molecule has 10 heteroatoms. The number of hydrogen-bond donors (Lipinski definition) is 0. The Kier molecular flexibility index (Phi) is 7.54. The van der Waals surface area contributed by atoms with E-state index >= 15 is 0 Å². The summed E-state index contributed by atoms with van der Waals surface area (Å²) in [6, 6.07) is 17.3. The molecule has 0 radical (unpaired) electrons. The van der Waals surface area contributed by atoms with E-state index < -0.39 is 16.6 Å². The van der Waals surface area contributed by atoms with Crippen LogP contribution in [-0.4, -0.2) is 51.9 Å². The number of sulfonamides is 1. The summed E-state index contributed by atoms with van der Waals surface area (Å²) in [5.74, 6) is -0.660. The maximum absolute atomic E-state index is 13.6. The molecule has 0 bridgehead atoms. The van der Waals surface area contributed by atoms with Crippen molar-refractivity contribution in [2.45, 2.75) is 11.8 Å². The molecular formula is C25H24Cl2FN3O3S. The summed E-state index contributed by atoms with van der Waals surface area (Å²) >= 11 is 12.5. The van der Waals surface area contributed by atoms with Gasteiger partial charge in [0.1, 0.15) is 12.4 Å². The van der Waals surface area contributed by atoms with Crippen LogP contribution in [0.1, 0.15) is 5.56 Å². The number of nitrogens with zero attached hydrogens (tertiary/aromatic N) is 3. The Hall–Kier alpha value is -2.81. The predicted molar refractivity (Wildman–Crippen MR) is 137 cm³/mol. The molecule has 1 heterocycles. The molecule has 0 saturated carbocycles. The van der Waals surface area contributed by atoms with E-state index in [0.29, 0.717) is 26.2 Å². The van der Waals surface area contributed by atoms with E-state index in [-0.39, 0.29) is 32.4 Å². The van der Waals surface area contributed by atoms with Crippen molar-refractivity contribution < 1.29 is 17.6 Å². The Morgan fingerprint density at radius 3 is 2.20 bits per heavy atom. The first kappa shape index (κ1) is 25.3. The molecule has 0 aromatic heterocycles. The third kappa shape index (κ3) is 5.55. The highest BCUT2D eigenvalue weighted by Gasteiger charge is 2.32. The zero-order valence-corrected chi connectivity index (χ0v) is 21.3. The van der Waals surface area contributed by atoms with Gasteiger partial charge in [0.25, 0.3) is 10.0 Å². The molecule has 0 N–H and O–H groups in total. The van der Waals surface area contributed by atoms with Crippen LogP contribution in [0.4, 0.5) is 15.8 Å². The lowest BCUT2D eigenvalue weighted by Crippen LogP contribution is -2.52. The highest BCUT2D eigenvalue weighted by atomic mass is 35.5. The zero-order chi connectivity index (χ0) is 25.2. The van der Waals surface area contributed by atoms with Crippen LogP contribution in [0, 0.1) is 12.7 Å². The van der Waals surface area contributed by atoms with Gasteiger partial charge in [-0.05, 0) is 55.5 Å². The summed E-state index contributed by atoms with van der Waals surface area (Å²) in [6.07, 6.45) is 0. The summed E-state index contributed by atoms with van der Waals surface area (Å²) in [4.78, 5) is 17.0. The molecule has 6 nitrogen and oxygen atoms in total. The number of rotatable bonds is 6. The summed E-state index contributed by atoms with van der Waals surface area (Å²) in [6.45, 7) is 3.32. The second-order valence-corrected chi connectivity index (χ2v) is 10.9. The molecule has 0 atom stereocenters. The van der Waals surface area contributed by atoms with Gasteiger partial charge in [-0.3, -0.25) is 9.10 Å². The van der Waals surface area contributed by atoms with Gasteiger partial charge in [0.05, 0.1) is 20.6 Å². The van der Waals surface area contributed by atoms with E-state index in [9.17, 15) is 17.6 Å². The number of amides is 1. The molecule has 4 rings (SSSR count). The van der Waals surface area contributed by atoms with Gasteiger partial charge in [0.2, 0.25) is 5.91 Å². The van der Waals surface area contributed by atoms with Gasteiger partial charge in [-0.15, -0.1) is 0 Å². The van der Waals surface area contributed by atoms with Crippen LogP contribution < -0.4 is 9.21 Å². The largest absolute Gasteiger partial charge is 0.368 e. The van der Waals surface area contributed by atoms with Gasteiger partial charge < -0.3 is 9.80 Å². The zero-order valence-electron chi connectivity index (χ0n) is 19.0. The fourth-order valence-electron chi connectivity index (χ4n) is 3.91. The molecule has 1 aliphatic heterocycles. The summed E-state index contributed by atoms with van der Waals surface area (Å²) < 4.78 is 41.5. The summed E-state index contributed by atoms with van der Waals surface area (Å²) in [7, 11) is -4.10. The molecule has 1 saturated heterocycles. The van der Waals surface area contributed by atoms with Crippen LogP contribution in [0.15, 0.2) is 71.6 Å². The smallest absolute Gasteiger partial charge is 0.264 e. The summed E-state index contributed by atoms with van der Waals surface area (Å²) in [5.41, 5.74) is 1.91. The molecule has 1 amide bonds. The molecule has 1 fully saturated rings. The molecule has 184 valence electrons. The van der Waals surface area contributed by atoms with Gasteiger partial charge in [-0.2, -0.15) is 0 Å². The van der Waals surface area contributed by atoms with Gasteiger partial charge in [-0.25, -0.2) is 12.8 Å². The number of carbonyl (C=O) groups is 1. The minimum Gasteiger partial charge on any atom is -0.368 e. The van der Waals surface area contributed by atoms with Gasteiger partial charge >= 0.3 is 0 Å². The van der Waals surface area contributed by atoms with Crippen molar-refractivity contribution in [3.63, 3.8) is 0 Å². The number of anilines is 2. The van der Waals surface area contributed by atoms with Crippen LogP contribution in [0.5, 0.6) is 0 Å². The lowest BCUT2D eigenvalue weighted by atomic mass is 10.2. The Labute approximate surface area is 214 Å². The van der Waals surface area contributed by atoms with Crippen molar-refractivity contribution >= 4 is 50.5 Å². The minimum absolute atomic E-state index is 0.0491. The molecular weight excluding hydrogens is 512 g/mol. The summed E-state index contributed by atoms with van der Waals surface area (Å²) in [5, 5.41) is 0.243. The molecule has 3 aromatic rings. The molecule has 35 heavy (non-hydrogen) atoms. The average molecular weight is 536 g/mol. The quantitative estimate of drug-likeness (QED) is 0.446. The predicted octanol–water partition coefficient (Wildman–Crippen LogP) is 4.99. The number of aryl methyl sites for hydroxylation is 1. The number of halogens is 3. The fourth-order valence-corrected chi connectivity index (χ4v) is 5.78. The average Bonchev–Trinajstić information content (AvgIpc) is 2.85. The monoisotopic (exact) mass is 535 g/mol. The van der Waals surface area contributed by atoms with Crippen molar-refractivity contribution in [1.29, 1.82) is 0 Å². The van der Waals surface area contributed by atoms with Crippen LogP contribution in [-0.2, 0) is 14.8 Å². The first-order valence-electron chi connectivity index (χ1n) is 11.0. The number of piperazine rings is 1. The normalized spacial score (nSPS) is 14.2. The standard InChI is InChI=1S/C25H24Cl2FN3O3S/c1-18-5-11-21(12-6-18)35(33,34)31(23-4-2-3-22(26)25(23)27)17-24(32)30-15-13-29(14-16-30)20-9-7-19(28)8-10-20/h2-12H,13-17H2,1H3. The Bertz CT molecular complexity index is 1310. The van der Waals surface area contributed by atoms with Gasteiger partial charge in [0, 0.05) is 31.9 Å². The van der Waals surface area contributed by atoms with Crippen LogP contribution in [0.25, 0.3) is 0 Å². The second-order valence-electron chi connectivity index (χ2n) is 8.24. The Morgan fingerprint density at radius 2 is 1.57 bits per heavy atom. The fraction of sp³-hybridized carbons (Fsp3) is 0.240. The van der Waals surface area contributed by atoms with Gasteiger partial charge in [0.15, 0.2) is 0 Å². The van der Waals surface area contributed by atoms with E-state index in [4.69, 9.17) is 23.2 Å². The van der Waals surface area contributed by atoms with Crippen molar-refractivity contribution in [1.82, 2.24) is 4.90 Å². The Balaban J connectivity index is 1.57. The topological polar surface area (TPSA) is 60.9 Å². The van der Waals surface area contributed by atoms with Gasteiger partial charge in [-0.1, -0.05) is 47.0 Å². The lowest BCUT2D eigenvalue weighted by molar-refractivity contribution is -0.129. The first-order chi connectivity index (χ1) is 16.7. The molecule has 0 spiro atoms. The van der Waals surface area contributed by atoms with E-state index in [1.54, 1.807) is 41.3 Å². The van der Waals surface area contributed by atoms with Crippen molar-refractivity contribution in [3.8, 4) is 0 Å². The highest BCUT2D eigenvalue weighted by molar-refractivity contribution is 7.92. The highest BCUT2D eigenvalue weighted by Crippen LogP contribution is 2.35. The number of carbonyl (C=O) groups excluding carboxylic acids is 1. The SMILES string of the molecule is Cc1ccc(S(=O)(=O)N(CC(=O)N2CCN(c3ccc(F)cc3)CC2)c2cccc(Cl)c2Cl)cc1. The molecule has 1 aliphatic rings. The molecule has 0 unspecified atom stereocenters. The number of benzene rings is 3. The van der Waals surface area contributed by atoms with Crippen molar-refractivity contribution in [2.75, 3.05) is 41.9 Å². The van der Waals surface area contributed by atoms with Crippen LogP contribution in [0.3, 0.4) is 0 Å². The maximum atomic E-state index is 13.6. The third-order valence-corrected chi connectivity index (χ3v) is 8.49. The molecule has 3 aromatic carbocycles. The van der Waals surface area contributed by atoms with E-state index in [1.165, 1.54) is 30.3 Å². The van der Waals surface area contributed by atoms with E-state index in [0.717, 1.165) is 15.6 Å². The Morgan fingerprint density at radius 1 is 0.943 bits per heavy atom. The molecule has 0 aliphatic carbocycles. The first-order valence-corrected chi connectivity index (χ1v) is 13.2. The third-order valence-electron chi connectivity index (χ3n) is 5.91. The van der Waals surface area contributed by atoms with E-state index in [2.05, 4.69) is 4.90 Å². The van der Waals surface area contributed by atoms with Crippen LogP contribution >= 0.6 is 23.2 Å². The van der Waals surface area contributed by atoms with Crippen LogP contribution in [0.2, 0.25) is 10.0 Å². The number of hydrogen-bond acceptors (Lipinski definition) is 4. The maximum Gasteiger partial charge on any atom is 0.264 e. The van der Waals surface area contributed by atoms with Crippen molar-refractivity contribution in [2.24, 2.45) is 0 Å². The lowest BCUT2D eigenvalue weighted by Gasteiger charge is -2.37. The van der Waals surface area contributed by atoms with Crippen molar-refractivity contribution in [3.05, 3.63) is 88.2 Å². The minimum atomic E-state index is -4.10. The second kappa shape index (κ2) is 10.4.